The fourth-order valence-electron chi connectivity index (χ4n) is 4.40. The van der Waals surface area contributed by atoms with Gasteiger partial charge in [-0.25, -0.2) is 0 Å². The molecule has 33 heavy (non-hydrogen) atoms. The molecule has 8 heteroatoms. The highest BCUT2D eigenvalue weighted by Gasteiger charge is 2.30. The molecule has 0 spiro atoms. The highest BCUT2D eigenvalue weighted by atomic mass is 35.5. The zero-order chi connectivity index (χ0) is 22.8. The summed E-state index contributed by atoms with van der Waals surface area (Å²) in [4.78, 5) is 29.2. The molecule has 3 aromatic heterocycles. The van der Waals surface area contributed by atoms with Gasteiger partial charge in [0.25, 0.3) is 5.91 Å². The molecule has 1 atom stereocenters. The van der Waals surface area contributed by atoms with Crippen LogP contribution in [0.4, 0.5) is 0 Å². The van der Waals surface area contributed by atoms with E-state index < -0.39 is 0 Å². The molecule has 0 unspecified atom stereocenters. The number of amides is 2. The molecule has 1 aliphatic heterocycles. The van der Waals surface area contributed by atoms with Gasteiger partial charge in [0, 0.05) is 30.0 Å². The molecule has 4 heterocycles. The molecule has 1 aliphatic rings. The normalized spacial score (nSPS) is 16.3. The smallest absolute Gasteiger partial charge is 0.270 e. The lowest BCUT2D eigenvalue weighted by Crippen LogP contribution is -2.45. The van der Waals surface area contributed by atoms with Gasteiger partial charge in [-0.2, -0.15) is 0 Å². The fourth-order valence-corrected chi connectivity index (χ4v) is 5.51. The van der Waals surface area contributed by atoms with Gasteiger partial charge >= 0.3 is 0 Å². The fraction of sp³-hybridized carbons (Fsp3) is 0.280. The van der Waals surface area contributed by atoms with Crippen LogP contribution in [0.15, 0.2) is 64.6 Å². The van der Waals surface area contributed by atoms with Gasteiger partial charge in [-0.1, -0.05) is 23.7 Å². The summed E-state index contributed by atoms with van der Waals surface area (Å²) in [6.45, 7) is 1.98. The summed E-state index contributed by atoms with van der Waals surface area (Å²) in [5.74, 6) is 0.407. The Labute approximate surface area is 200 Å². The first-order valence-electron chi connectivity index (χ1n) is 11.0. The highest BCUT2D eigenvalue weighted by Crippen LogP contribution is 2.29. The Kier molecular flexibility index (Phi) is 6.24. The first-order chi connectivity index (χ1) is 16.1. The quantitative estimate of drug-likeness (QED) is 0.413. The second-order valence-corrected chi connectivity index (χ2v) is 9.65. The number of aromatic nitrogens is 1. The van der Waals surface area contributed by atoms with Gasteiger partial charge in [-0.3, -0.25) is 9.59 Å². The third-order valence-corrected chi connectivity index (χ3v) is 7.23. The first-order valence-corrected chi connectivity index (χ1v) is 12.2. The second-order valence-electron chi connectivity index (χ2n) is 8.31. The minimum absolute atomic E-state index is 0.0380. The first kappa shape index (κ1) is 21.8. The van der Waals surface area contributed by atoms with Crippen LogP contribution < -0.4 is 5.32 Å². The molecule has 1 N–H and O–H groups in total. The Morgan fingerprint density at radius 3 is 2.91 bits per heavy atom. The van der Waals surface area contributed by atoms with Crippen LogP contribution in [0, 0.1) is 5.92 Å². The predicted molar refractivity (Wildman–Crippen MR) is 130 cm³/mol. The molecule has 0 radical (unpaired) electrons. The third-order valence-electron chi connectivity index (χ3n) is 6.05. The van der Waals surface area contributed by atoms with E-state index in [1.54, 1.807) is 23.7 Å². The Balaban J connectivity index is 1.33. The van der Waals surface area contributed by atoms with Crippen LogP contribution in [-0.2, 0) is 17.9 Å². The van der Waals surface area contributed by atoms with E-state index in [-0.39, 0.29) is 17.7 Å². The Morgan fingerprint density at radius 2 is 2.09 bits per heavy atom. The van der Waals surface area contributed by atoms with E-state index in [0.29, 0.717) is 42.7 Å². The van der Waals surface area contributed by atoms with Gasteiger partial charge in [0.15, 0.2) is 0 Å². The van der Waals surface area contributed by atoms with Crippen LogP contribution in [0.2, 0.25) is 5.02 Å². The molecule has 170 valence electrons. The van der Waals surface area contributed by atoms with Crippen molar-refractivity contribution in [3.63, 3.8) is 0 Å². The number of thiophene rings is 1. The zero-order valence-corrected chi connectivity index (χ0v) is 19.6. The predicted octanol–water partition coefficient (Wildman–Crippen LogP) is 5.17. The van der Waals surface area contributed by atoms with Gasteiger partial charge < -0.3 is 19.2 Å². The monoisotopic (exact) mass is 481 g/mol. The molecular formula is C25H24ClN3O3S. The number of furan rings is 1. The highest BCUT2D eigenvalue weighted by molar-refractivity contribution is 7.16. The minimum atomic E-state index is -0.227. The van der Waals surface area contributed by atoms with Crippen LogP contribution in [0.25, 0.3) is 10.2 Å². The topological polar surface area (TPSA) is 67.5 Å². The van der Waals surface area contributed by atoms with Crippen molar-refractivity contribution in [3.05, 3.63) is 82.2 Å². The molecule has 4 aromatic rings. The van der Waals surface area contributed by atoms with Crippen molar-refractivity contribution in [2.24, 2.45) is 5.92 Å². The van der Waals surface area contributed by atoms with E-state index in [1.807, 2.05) is 52.7 Å². The Morgan fingerprint density at radius 1 is 1.18 bits per heavy atom. The summed E-state index contributed by atoms with van der Waals surface area (Å²) in [6, 6.07) is 15.3. The van der Waals surface area contributed by atoms with Crippen molar-refractivity contribution in [1.29, 1.82) is 0 Å². The van der Waals surface area contributed by atoms with E-state index in [0.717, 1.165) is 28.6 Å². The van der Waals surface area contributed by atoms with Crippen molar-refractivity contribution in [3.8, 4) is 0 Å². The number of hydrogen-bond acceptors (Lipinski definition) is 4. The summed E-state index contributed by atoms with van der Waals surface area (Å²) in [7, 11) is 0. The molecular weight excluding hydrogens is 458 g/mol. The average molecular weight is 482 g/mol. The molecule has 1 fully saturated rings. The van der Waals surface area contributed by atoms with Crippen molar-refractivity contribution in [2.45, 2.75) is 25.9 Å². The van der Waals surface area contributed by atoms with Crippen LogP contribution in [0.3, 0.4) is 0 Å². The van der Waals surface area contributed by atoms with Gasteiger partial charge in [-0.15, -0.1) is 11.3 Å². The van der Waals surface area contributed by atoms with Crippen molar-refractivity contribution in [2.75, 3.05) is 13.1 Å². The van der Waals surface area contributed by atoms with Crippen LogP contribution >= 0.6 is 22.9 Å². The third kappa shape index (κ3) is 4.70. The molecule has 0 saturated carbocycles. The zero-order valence-electron chi connectivity index (χ0n) is 18.0. The maximum Gasteiger partial charge on any atom is 0.270 e. The molecule has 2 amide bonds. The molecule has 1 aromatic carbocycles. The average Bonchev–Trinajstić information content (AvgIpc) is 3.56. The lowest BCUT2D eigenvalue weighted by molar-refractivity contribution is -0.126. The second kappa shape index (κ2) is 9.45. The largest absolute Gasteiger partial charge is 0.467 e. The molecule has 5 rings (SSSR count). The number of nitrogens with zero attached hydrogens (tertiary/aromatic N) is 2. The van der Waals surface area contributed by atoms with Gasteiger partial charge in [0.2, 0.25) is 5.91 Å². The number of likely N-dealkylation sites (tertiary alicyclic amines) is 1. The number of rotatable bonds is 6. The number of carbonyl (C=O) groups excluding carboxylic acids is 2. The summed E-state index contributed by atoms with van der Waals surface area (Å²) >= 11 is 7.80. The molecule has 0 bridgehead atoms. The molecule has 0 aliphatic carbocycles. The molecule has 1 saturated heterocycles. The van der Waals surface area contributed by atoms with E-state index >= 15 is 0 Å². The van der Waals surface area contributed by atoms with E-state index in [1.165, 1.54) is 0 Å². The van der Waals surface area contributed by atoms with E-state index in [9.17, 15) is 9.59 Å². The molecule has 6 nitrogen and oxygen atoms in total. The van der Waals surface area contributed by atoms with Gasteiger partial charge in [0.1, 0.15) is 16.3 Å². The Bertz CT molecular complexity index is 1280. The Hall–Kier alpha value is -3.03. The maximum absolute atomic E-state index is 13.6. The number of nitrogens with one attached hydrogen (secondary N) is 1. The number of halogens is 1. The van der Waals surface area contributed by atoms with E-state index in [2.05, 4.69) is 9.88 Å². The van der Waals surface area contributed by atoms with E-state index in [4.69, 9.17) is 16.0 Å². The number of hydrogen-bond donors (Lipinski definition) is 1. The lowest BCUT2D eigenvalue weighted by Gasteiger charge is -2.32. The summed E-state index contributed by atoms with van der Waals surface area (Å²) in [5.41, 5.74) is 1.68. The van der Waals surface area contributed by atoms with Crippen molar-refractivity contribution >= 4 is 45.0 Å². The number of piperidine rings is 1. The van der Waals surface area contributed by atoms with Crippen LogP contribution in [0.5, 0.6) is 0 Å². The number of carbonyl (C=O) groups is 2. The number of benzene rings is 1. The van der Waals surface area contributed by atoms with Crippen LogP contribution in [-0.4, -0.2) is 34.4 Å². The number of fused-ring (bicyclic) bond motifs is 1. The standard InChI is InChI=1S/C25H24ClN3O3S/c26-20-6-1-4-17(12-20)15-29-22(13-18-8-11-33-25(18)29)24(31)28-9-2-5-19(16-28)23(30)27-14-21-7-3-10-32-21/h1,3-4,6-8,10-13,19H,2,5,9,14-16H2,(H,27,30)/t19-/m1/s1. The maximum atomic E-state index is 13.6. The van der Waals surface area contributed by atoms with Gasteiger partial charge in [0.05, 0.1) is 18.7 Å². The summed E-state index contributed by atoms with van der Waals surface area (Å²) in [5, 5.41) is 6.70. The van der Waals surface area contributed by atoms with Gasteiger partial charge in [-0.05, 0) is 60.2 Å². The van der Waals surface area contributed by atoms with Crippen molar-refractivity contribution in [1.82, 2.24) is 14.8 Å². The van der Waals surface area contributed by atoms with Crippen LogP contribution in [0.1, 0.15) is 34.7 Å². The van der Waals surface area contributed by atoms with Crippen molar-refractivity contribution < 1.29 is 14.0 Å². The minimum Gasteiger partial charge on any atom is -0.467 e. The lowest BCUT2D eigenvalue weighted by atomic mass is 9.97. The summed E-state index contributed by atoms with van der Waals surface area (Å²) < 4.78 is 7.35. The summed E-state index contributed by atoms with van der Waals surface area (Å²) in [6.07, 6.45) is 3.16. The SMILES string of the molecule is O=C(NCc1ccco1)[C@@H]1CCCN(C(=O)c2cc3ccsc3n2Cc2cccc(Cl)c2)C1.